The van der Waals surface area contributed by atoms with Crippen molar-refractivity contribution in [2.45, 2.75) is 18.6 Å². The Bertz CT molecular complexity index is 598. The van der Waals surface area contributed by atoms with Crippen LogP contribution in [0.5, 0.6) is 0 Å². The van der Waals surface area contributed by atoms with Crippen molar-refractivity contribution in [1.82, 2.24) is 0 Å². The molecule has 0 N–H and O–H groups in total. The molecule has 1 fully saturated rings. The zero-order valence-electron chi connectivity index (χ0n) is 12.0. The standard InChI is InChI=1S/C15H18N2O2S/c1-15(2)9-17(6-7-20-15)10-4-5-11-12(8-10)16(3)14(19)13(11)18/h4-5,8H,6-7,9H2,1-3H3. The van der Waals surface area contributed by atoms with E-state index in [0.717, 1.165) is 30.2 Å². The summed E-state index contributed by atoms with van der Waals surface area (Å²) < 4.78 is 0.231. The lowest BCUT2D eigenvalue weighted by Crippen LogP contribution is -2.43. The van der Waals surface area contributed by atoms with E-state index in [9.17, 15) is 9.59 Å². The second-order valence-corrected chi connectivity index (χ2v) is 7.73. The highest BCUT2D eigenvalue weighted by Gasteiger charge is 2.34. The van der Waals surface area contributed by atoms with Gasteiger partial charge in [-0.1, -0.05) is 0 Å². The third-order valence-electron chi connectivity index (χ3n) is 3.88. The van der Waals surface area contributed by atoms with Crippen molar-refractivity contribution in [3.05, 3.63) is 23.8 Å². The number of amides is 1. The van der Waals surface area contributed by atoms with Gasteiger partial charge in [-0.3, -0.25) is 9.59 Å². The third-order valence-corrected chi connectivity index (χ3v) is 5.17. The van der Waals surface area contributed by atoms with E-state index in [1.54, 1.807) is 13.1 Å². The van der Waals surface area contributed by atoms with Crippen LogP contribution in [-0.2, 0) is 4.79 Å². The fourth-order valence-corrected chi connectivity index (χ4v) is 3.91. The Morgan fingerprint density at radius 3 is 2.70 bits per heavy atom. The lowest BCUT2D eigenvalue weighted by molar-refractivity contribution is -0.114. The van der Waals surface area contributed by atoms with Crippen molar-refractivity contribution in [2.24, 2.45) is 0 Å². The summed E-state index contributed by atoms with van der Waals surface area (Å²) in [4.78, 5) is 27.3. The molecule has 0 spiro atoms. The molecule has 0 atom stereocenters. The molecular formula is C15H18N2O2S. The molecule has 0 saturated carbocycles. The van der Waals surface area contributed by atoms with E-state index in [0.29, 0.717) is 5.56 Å². The summed E-state index contributed by atoms with van der Waals surface area (Å²) in [6, 6.07) is 5.70. The summed E-state index contributed by atoms with van der Waals surface area (Å²) in [6.07, 6.45) is 0. The molecule has 0 bridgehead atoms. The number of rotatable bonds is 1. The number of ketones is 1. The minimum absolute atomic E-state index is 0.231. The maximum atomic E-state index is 11.8. The van der Waals surface area contributed by atoms with Crippen LogP contribution in [0.15, 0.2) is 18.2 Å². The average molecular weight is 290 g/mol. The Morgan fingerprint density at radius 2 is 2.00 bits per heavy atom. The van der Waals surface area contributed by atoms with E-state index in [2.05, 4.69) is 18.7 Å². The summed E-state index contributed by atoms with van der Waals surface area (Å²) in [5.74, 6) is 0.257. The van der Waals surface area contributed by atoms with Gasteiger partial charge in [-0.2, -0.15) is 11.8 Å². The number of carbonyl (C=O) groups is 2. The summed E-state index contributed by atoms with van der Waals surface area (Å²) in [5, 5.41) is 0. The summed E-state index contributed by atoms with van der Waals surface area (Å²) in [7, 11) is 1.66. The molecule has 0 radical (unpaired) electrons. The molecule has 5 heteroatoms. The molecule has 2 heterocycles. The van der Waals surface area contributed by atoms with Crippen LogP contribution in [0.1, 0.15) is 24.2 Å². The summed E-state index contributed by atoms with van der Waals surface area (Å²) >= 11 is 1.99. The van der Waals surface area contributed by atoms with Gasteiger partial charge in [0.05, 0.1) is 11.3 Å². The highest BCUT2D eigenvalue weighted by atomic mass is 32.2. The van der Waals surface area contributed by atoms with Crippen LogP contribution in [0.4, 0.5) is 11.4 Å². The van der Waals surface area contributed by atoms with E-state index >= 15 is 0 Å². The normalized spacial score (nSPS) is 21.4. The summed E-state index contributed by atoms with van der Waals surface area (Å²) in [5.41, 5.74) is 2.34. The maximum absolute atomic E-state index is 11.8. The molecule has 0 aliphatic carbocycles. The van der Waals surface area contributed by atoms with Crippen molar-refractivity contribution < 1.29 is 9.59 Å². The third kappa shape index (κ3) is 2.10. The van der Waals surface area contributed by atoms with Gasteiger partial charge in [-0.05, 0) is 32.0 Å². The number of benzene rings is 1. The van der Waals surface area contributed by atoms with Gasteiger partial charge in [-0.15, -0.1) is 0 Å². The Morgan fingerprint density at radius 1 is 1.25 bits per heavy atom. The minimum Gasteiger partial charge on any atom is -0.369 e. The zero-order chi connectivity index (χ0) is 14.5. The minimum atomic E-state index is -0.438. The van der Waals surface area contributed by atoms with Crippen molar-refractivity contribution in [3.63, 3.8) is 0 Å². The number of hydrogen-bond donors (Lipinski definition) is 0. The molecular weight excluding hydrogens is 272 g/mol. The fourth-order valence-electron chi connectivity index (χ4n) is 2.80. The number of fused-ring (bicyclic) bond motifs is 1. The lowest BCUT2D eigenvalue weighted by atomic mass is 10.1. The van der Waals surface area contributed by atoms with Crippen molar-refractivity contribution in [3.8, 4) is 0 Å². The van der Waals surface area contributed by atoms with Gasteiger partial charge < -0.3 is 9.80 Å². The number of anilines is 2. The highest BCUT2D eigenvalue weighted by Crippen LogP contribution is 2.36. The smallest absolute Gasteiger partial charge is 0.299 e. The number of Topliss-reactive ketones (excluding diaryl/α,β-unsaturated/α-hetero) is 1. The van der Waals surface area contributed by atoms with Gasteiger partial charge in [0.25, 0.3) is 11.7 Å². The lowest BCUT2D eigenvalue weighted by Gasteiger charge is -2.39. The van der Waals surface area contributed by atoms with Crippen molar-refractivity contribution >= 4 is 34.8 Å². The second-order valence-electron chi connectivity index (χ2n) is 5.92. The topological polar surface area (TPSA) is 40.6 Å². The Kier molecular flexibility index (Phi) is 3.05. The first kappa shape index (κ1) is 13.5. The number of carbonyl (C=O) groups excluding carboxylic acids is 2. The Labute approximate surface area is 123 Å². The first-order valence-corrected chi connectivity index (χ1v) is 7.73. The largest absolute Gasteiger partial charge is 0.369 e. The van der Waals surface area contributed by atoms with Crippen LogP contribution in [-0.4, -0.2) is 42.3 Å². The van der Waals surface area contributed by atoms with Crippen LogP contribution in [0, 0.1) is 0 Å². The highest BCUT2D eigenvalue weighted by molar-refractivity contribution is 8.00. The summed E-state index contributed by atoms with van der Waals surface area (Å²) in [6.45, 7) is 6.47. The van der Waals surface area contributed by atoms with E-state index in [1.165, 1.54) is 4.90 Å². The number of thioether (sulfide) groups is 1. The van der Waals surface area contributed by atoms with Crippen LogP contribution >= 0.6 is 11.8 Å². The predicted octanol–water partition coefficient (Wildman–Crippen LogP) is 2.18. The molecule has 1 aromatic carbocycles. The SMILES string of the molecule is CN1C(=O)C(=O)c2ccc(N3CCSC(C)(C)C3)cc21. The van der Waals surface area contributed by atoms with Gasteiger partial charge in [0, 0.05) is 36.3 Å². The van der Waals surface area contributed by atoms with E-state index in [-0.39, 0.29) is 4.75 Å². The quantitative estimate of drug-likeness (QED) is 0.743. The second kappa shape index (κ2) is 4.52. The molecule has 2 aliphatic heterocycles. The predicted molar refractivity (Wildman–Crippen MR) is 82.9 cm³/mol. The monoisotopic (exact) mass is 290 g/mol. The molecule has 20 heavy (non-hydrogen) atoms. The number of hydrogen-bond acceptors (Lipinski definition) is 4. The molecule has 1 saturated heterocycles. The van der Waals surface area contributed by atoms with E-state index in [1.807, 2.05) is 23.9 Å². The Hall–Kier alpha value is -1.49. The average Bonchev–Trinajstić information content (AvgIpc) is 2.62. The van der Waals surface area contributed by atoms with Gasteiger partial charge in [0.2, 0.25) is 0 Å². The van der Waals surface area contributed by atoms with Crippen LogP contribution in [0.3, 0.4) is 0 Å². The number of likely N-dealkylation sites (N-methyl/N-ethyl adjacent to an activating group) is 1. The van der Waals surface area contributed by atoms with Crippen LogP contribution in [0.2, 0.25) is 0 Å². The first-order chi connectivity index (χ1) is 9.39. The van der Waals surface area contributed by atoms with Gasteiger partial charge in [-0.25, -0.2) is 0 Å². The van der Waals surface area contributed by atoms with Gasteiger partial charge in [0.1, 0.15) is 0 Å². The first-order valence-electron chi connectivity index (χ1n) is 6.74. The van der Waals surface area contributed by atoms with E-state index < -0.39 is 11.7 Å². The molecule has 0 aromatic heterocycles. The van der Waals surface area contributed by atoms with Crippen LogP contribution in [0.25, 0.3) is 0 Å². The maximum Gasteiger partial charge on any atom is 0.299 e. The number of nitrogens with zero attached hydrogens (tertiary/aromatic N) is 2. The van der Waals surface area contributed by atoms with Crippen molar-refractivity contribution in [1.29, 1.82) is 0 Å². The fraction of sp³-hybridized carbons (Fsp3) is 0.467. The molecule has 1 amide bonds. The molecule has 0 unspecified atom stereocenters. The van der Waals surface area contributed by atoms with Gasteiger partial charge >= 0.3 is 0 Å². The zero-order valence-corrected chi connectivity index (χ0v) is 12.8. The molecule has 4 nitrogen and oxygen atoms in total. The molecule has 106 valence electrons. The molecule has 2 aliphatic rings. The van der Waals surface area contributed by atoms with Crippen molar-refractivity contribution in [2.75, 3.05) is 35.7 Å². The molecule has 3 rings (SSSR count). The van der Waals surface area contributed by atoms with E-state index in [4.69, 9.17) is 0 Å². The Balaban J connectivity index is 1.94. The molecule has 1 aromatic rings. The van der Waals surface area contributed by atoms with Gasteiger partial charge in [0.15, 0.2) is 0 Å². The van der Waals surface area contributed by atoms with Crippen LogP contribution < -0.4 is 9.80 Å².